The normalized spacial score (nSPS) is 24.4. The van der Waals surface area contributed by atoms with Crippen molar-refractivity contribution in [3.63, 3.8) is 0 Å². The Morgan fingerprint density at radius 2 is 2.12 bits per heavy atom. The molecular weight excluding hydrogens is 216 g/mol. The molecule has 92 valence electrons. The van der Waals surface area contributed by atoms with Gasteiger partial charge in [-0.15, -0.1) is 0 Å². The number of carbonyl (C=O) groups excluding carboxylic acids is 1. The molecule has 0 N–H and O–H groups in total. The van der Waals surface area contributed by atoms with Crippen LogP contribution in [0.15, 0.2) is 24.3 Å². The summed E-state index contributed by atoms with van der Waals surface area (Å²) in [6.45, 7) is 2.54. The SMILES string of the molecule is COc1ccccc1C(=O)C1(C)CCCCO1. The van der Waals surface area contributed by atoms with Gasteiger partial charge in [-0.2, -0.15) is 0 Å². The van der Waals surface area contributed by atoms with Crippen molar-refractivity contribution in [3.8, 4) is 5.75 Å². The van der Waals surface area contributed by atoms with Gasteiger partial charge >= 0.3 is 0 Å². The number of carbonyl (C=O) groups is 1. The third-order valence-corrected chi connectivity index (χ3v) is 3.30. The molecule has 0 aromatic heterocycles. The van der Waals surface area contributed by atoms with Crippen molar-refractivity contribution in [1.82, 2.24) is 0 Å². The van der Waals surface area contributed by atoms with Crippen LogP contribution in [0.2, 0.25) is 0 Å². The zero-order valence-electron chi connectivity index (χ0n) is 10.4. The second kappa shape index (κ2) is 4.88. The lowest BCUT2D eigenvalue weighted by molar-refractivity contribution is -0.0427. The maximum Gasteiger partial charge on any atom is 0.198 e. The monoisotopic (exact) mass is 234 g/mol. The van der Waals surface area contributed by atoms with E-state index in [9.17, 15) is 4.79 Å². The van der Waals surface area contributed by atoms with Gasteiger partial charge < -0.3 is 9.47 Å². The maximum atomic E-state index is 12.5. The minimum absolute atomic E-state index is 0.0228. The zero-order valence-corrected chi connectivity index (χ0v) is 10.4. The number of benzene rings is 1. The Kier molecular flexibility index (Phi) is 3.48. The molecule has 17 heavy (non-hydrogen) atoms. The molecule has 1 atom stereocenters. The lowest BCUT2D eigenvalue weighted by Gasteiger charge is -2.32. The van der Waals surface area contributed by atoms with Gasteiger partial charge in [-0.05, 0) is 38.3 Å². The minimum atomic E-state index is -0.688. The number of ether oxygens (including phenoxy) is 2. The molecule has 2 rings (SSSR count). The molecule has 0 radical (unpaired) electrons. The Morgan fingerprint density at radius 1 is 1.35 bits per heavy atom. The Hall–Kier alpha value is -1.35. The zero-order chi connectivity index (χ0) is 12.3. The standard InChI is InChI=1S/C14H18O3/c1-14(9-5-6-10-17-14)13(15)11-7-3-4-8-12(11)16-2/h3-4,7-8H,5-6,9-10H2,1-2H3. The van der Waals surface area contributed by atoms with Crippen LogP contribution < -0.4 is 4.74 Å². The lowest BCUT2D eigenvalue weighted by Crippen LogP contribution is -2.41. The Balaban J connectivity index is 2.29. The molecule has 0 aliphatic carbocycles. The van der Waals surface area contributed by atoms with E-state index in [0.717, 1.165) is 19.3 Å². The van der Waals surface area contributed by atoms with E-state index in [1.165, 1.54) is 0 Å². The van der Waals surface area contributed by atoms with Crippen LogP contribution in [-0.4, -0.2) is 25.1 Å². The van der Waals surface area contributed by atoms with Crippen molar-refractivity contribution in [2.45, 2.75) is 31.8 Å². The third-order valence-electron chi connectivity index (χ3n) is 3.30. The summed E-state index contributed by atoms with van der Waals surface area (Å²) < 4.78 is 10.9. The van der Waals surface area contributed by atoms with Crippen molar-refractivity contribution in [2.24, 2.45) is 0 Å². The van der Waals surface area contributed by atoms with Crippen LogP contribution in [0, 0.1) is 0 Å². The molecule has 1 unspecified atom stereocenters. The molecule has 3 nitrogen and oxygen atoms in total. The molecule has 0 spiro atoms. The molecule has 1 heterocycles. The molecule has 1 saturated heterocycles. The second-order valence-electron chi connectivity index (χ2n) is 4.57. The van der Waals surface area contributed by atoms with Gasteiger partial charge in [0.2, 0.25) is 0 Å². The molecule has 0 bridgehead atoms. The first kappa shape index (κ1) is 12.1. The van der Waals surface area contributed by atoms with Crippen molar-refractivity contribution in [1.29, 1.82) is 0 Å². The van der Waals surface area contributed by atoms with Gasteiger partial charge in [0.1, 0.15) is 11.4 Å². The summed E-state index contributed by atoms with van der Waals surface area (Å²) in [6.07, 6.45) is 2.86. The van der Waals surface area contributed by atoms with Crippen molar-refractivity contribution in [2.75, 3.05) is 13.7 Å². The highest BCUT2D eigenvalue weighted by atomic mass is 16.5. The molecule has 1 aliphatic heterocycles. The van der Waals surface area contributed by atoms with Gasteiger partial charge in [0.05, 0.1) is 12.7 Å². The van der Waals surface area contributed by atoms with Crippen LogP contribution >= 0.6 is 0 Å². The first-order valence-corrected chi connectivity index (χ1v) is 5.99. The van der Waals surface area contributed by atoms with Gasteiger partial charge in [0, 0.05) is 6.61 Å². The summed E-state index contributed by atoms with van der Waals surface area (Å²) in [5.74, 6) is 0.641. The molecule has 1 aromatic carbocycles. The van der Waals surface area contributed by atoms with E-state index < -0.39 is 5.60 Å². The molecule has 0 saturated carbocycles. The van der Waals surface area contributed by atoms with E-state index in [4.69, 9.17) is 9.47 Å². The summed E-state index contributed by atoms with van der Waals surface area (Å²) in [4.78, 5) is 12.5. The largest absolute Gasteiger partial charge is 0.496 e. The van der Waals surface area contributed by atoms with Crippen molar-refractivity contribution in [3.05, 3.63) is 29.8 Å². The van der Waals surface area contributed by atoms with E-state index in [0.29, 0.717) is 17.9 Å². The predicted octanol–water partition coefficient (Wildman–Crippen LogP) is 2.84. The average Bonchev–Trinajstić information content (AvgIpc) is 2.38. The fourth-order valence-corrected chi connectivity index (χ4v) is 2.23. The summed E-state index contributed by atoms with van der Waals surface area (Å²) in [5.41, 5.74) is -0.0771. The quantitative estimate of drug-likeness (QED) is 0.754. The van der Waals surface area contributed by atoms with Crippen LogP contribution in [0.25, 0.3) is 0 Å². The highest BCUT2D eigenvalue weighted by molar-refractivity contribution is 6.04. The first-order chi connectivity index (χ1) is 8.17. The fraction of sp³-hybridized carbons (Fsp3) is 0.500. The van der Waals surface area contributed by atoms with Gasteiger partial charge in [0.25, 0.3) is 0 Å². The Morgan fingerprint density at radius 3 is 2.76 bits per heavy atom. The summed E-state index contributed by atoms with van der Waals surface area (Å²) in [7, 11) is 1.58. The molecule has 1 aromatic rings. The predicted molar refractivity (Wildman–Crippen MR) is 65.5 cm³/mol. The summed E-state index contributed by atoms with van der Waals surface area (Å²) in [6, 6.07) is 7.31. The average molecular weight is 234 g/mol. The van der Waals surface area contributed by atoms with Gasteiger partial charge in [-0.25, -0.2) is 0 Å². The second-order valence-corrected chi connectivity index (χ2v) is 4.57. The summed E-state index contributed by atoms with van der Waals surface area (Å²) in [5, 5.41) is 0. The van der Waals surface area contributed by atoms with E-state index in [-0.39, 0.29) is 5.78 Å². The smallest absolute Gasteiger partial charge is 0.198 e. The number of Topliss-reactive ketones (excluding diaryl/α,β-unsaturated/α-hetero) is 1. The number of ketones is 1. The molecule has 3 heteroatoms. The van der Waals surface area contributed by atoms with Gasteiger partial charge in [-0.1, -0.05) is 12.1 Å². The molecule has 0 amide bonds. The van der Waals surface area contributed by atoms with E-state index in [1.807, 2.05) is 19.1 Å². The number of hydrogen-bond donors (Lipinski definition) is 0. The topological polar surface area (TPSA) is 35.5 Å². The van der Waals surface area contributed by atoms with Crippen molar-refractivity contribution < 1.29 is 14.3 Å². The number of rotatable bonds is 3. The number of methoxy groups -OCH3 is 1. The summed E-state index contributed by atoms with van der Waals surface area (Å²) >= 11 is 0. The Bertz CT molecular complexity index is 406. The molecule has 1 fully saturated rings. The van der Waals surface area contributed by atoms with E-state index >= 15 is 0 Å². The molecular formula is C14H18O3. The van der Waals surface area contributed by atoms with Crippen LogP contribution in [0.5, 0.6) is 5.75 Å². The first-order valence-electron chi connectivity index (χ1n) is 5.99. The fourth-order valence-electron chi connectivity index (χ4n) is 2.23. The van der Waals surface area contributed by atoms with Crippen LogP contribution in [0.1, 0.15) is 36.5 Å². The highest BCUT2D eigenvalue weighted by Crippen LogP contribution is 2.31. The number of hydrogen-bond acceptors (Lipinski definition) is 3. The Labute approximate surface area is 102 Å². The van der Waals surface area contributed by atoms with E-state index in [2.05, 4.69) is 0 Å². The van der Waals surface area contributed by atoms with E-state index in [1.54, 1.807) is 19.2 Å². The van der Waals surface area contributed by atoms with Gasteiger partial charge in [0.15, 0.2) is 5.78 Å². The van der Waals surface area contributed by atoms with Crippen LogP contribution in [0.4, 0.5) is 0 Å². The minimum Gasteiger partial charge on any atom is -0.496 e. The number of para-hydroxylation sites is 1. The van der Waals surface area contributed by atoms with Crippen LogP contribution in [0.3, 0.4) is 0 Å². The van der Waals surface area contributed by atoms with Crippen LogP contribution in [-0.2, 0) is 4.74 Å². The third kappa shape index (κ3) is 2.34. The van der Waals surface area contributed by atoms with Gasteiger partial charge in [-0.3, -0.25) is 4.79 Å². The van der Waals surface area contributed by atoms with Crippen molar-refractivity contribution >= 4 is 5.78 Å². The maximum absolute atomic E-state index is 12.5. The molecule has 1 aliphatic rings. The lowest BCUT2D eigenvalue weighted by atomic mass is 9.87. The highest BCUT2D eigenvalue weighted by Gasteiger charge is 2.37.